The quantitative estimate of drug-likeness (QED) is 0.383. The second-order valence-electron chi connectivity index (χ2n) is 9.50. The molecule has 4 heterocycles. The number of aromatic amines is 1. The summed E-state index contributed by atoms with van der Waals surface area (Å²) < 4.78 is 90.0. The van der Waals surface area contributed by atoms with E-state index in [9.17, 15) is 18.3 Å². The Morgan fingerprint density at radius 2 is 1.92 bits per heavy atom. The summed E-state index contributed by atoms with van der Waals surface area (Å²) >= 11 is 0. The Morgan fingerprint density at radius 1 is 1.18 bits per heavy atom. The van der Waals surface area contributed by atoms with Gasteiger partial charge in [0.1, 0.15) is 30.2 Å². The lowest BCUT2D eigenvalue weighted by Crippen LogP contribution is -2.50. The highest BCUT2D eigenvalue weighted by atomic mass is 19.4. The fourth-order valence-electron chi connectivity index (χ4n) is 4.03. The zero-order valence-corrected chi connectivity index (χ0v) is 20.0. The number of ether oxygens (including phenoxy) is 4. The average molecular weight is 542 g/mol. The first-order valence-corrected chi connectivity index (χ1v) is 11.5. The molecule has 0 bridgehead atoms. The van der Waals surface area contributed by atoms with Crippen molar-refractivity contribution < 1.29 is 46.0 Å². The van der Waals surface area contributed by atoms with Crippen LogP contribution in [0.1, 0.15) is 12.5 Å². The summed E-state index contributed by atoms with van der Waals surface area (Å²) in [7, 11) is 0. The molecule has 0 aliphatic carbocycles. The molecule has 0 unspecified atom stereocenters. The zero-order chi connectivity index (χ0) is 27.1. The van der Waals surface area contributed by atoms with Crippen molar-refractivity contribution in [3.05, 3.63) is 47.8 Å². The predicted octanol–water partition coefficient (Wildman–Crippen LogP) is 4.23. The van der Waals surface area contributed by atoms with Crippen LogP contribution in [0.5, 0.6) is 11.5 Å². The number of fused-ring (bicyclic) bond motifs is 1. The highest BCUT2D eigenvalue weighted by Gasteiger charge is 2.47. The van der Waals surface area contributed by atoms with Gasteiger partial charge >= 0.3 is 6.18 Å². The predicted molar refractivity (Wildman–Crippen MR) is 124 cm³/mol. The first-order valence-electron chi connectivity index (χ1n) is 11.5. The highest BCUT2D eigenvalue weighted by molar-refractivity contribution is 5.90. The SMILES string of the molecule is C[C@]1(CO)CN=C(Nc2cc(F)c(Oc3ccnc4[nH]cc(C5(OCC(F)(F)F)COC5)c34)c(F)c2)OC1. The van der Waals surface area contributed by atoms with Gasteiger partial charge in [-0.2, -0.15) is 13.2 Å². The number of H-pyrrole nitrogens is 1. The van der Waals surface area contributed by atoms with Gasteiger partial charge in [-0.25, -0.2) is 18.8 Å². The molecule has 9 nitrogen and oxygen atoms in total. The molecule has 1 fully saturated rings. The maximum Gasteiger partial charge on any atom is 0.411 e. The van der Waals surface area contributed by atoms with Crippen molar-refractivity contribution in [3.8, 4) is 11.5 Å². The third kappa shape index (κ3) is 5.11. The molecule has 0 radical (unpaired) electrons. The third-order valence-corrected chi connectivity index (χ3v) is 6.21. The number of nitrogens with one attached hydrogen (secondary N) is 2. The molecule has 1 aromatic carbocycles. The summed E-state index contributed by atoms with van der Waals surface area (Å²) in [5.74, 6) is -2.89. The topological polar surface area (TPSA) is 110 Å². The van der Waals surface area contributed by atoms with Crippen LogP contribution in [0, 0.1) is 17.0 Å². The van der Waals surface area contributed by atoms with Crippen molar-refractivity contribution in [1.82, 2.24) is 9.97 Å². The number of alkyl halides is 3. The van der Waals surface area contributed by atoms with Gasteiger partial charge < -0.3 is 34.4 Å². The Bertz CT molecular complexity index is 1350. The molecule has 5 rings (SSSR count). The molecule has 3 N–H and O–H groups in total. The Morgan fingerprint density at radius 3 is 2.50 bits per heavy atom. The van der Waals surface area contributed by atoms with Crippen molar-refractivity contribution >= 4 is 22.7 Å². The molecule has 204 valence electrons. The van der Waals surface area contributed by atoms with Gasteiger partial charge in [-0.3, -0.25) is 0 Å². The van der Waals surface area contributed by atoms with Crippen LogP contribution in [0.3, 0.4) is 0 Å². The van der Waals surface area contributed by atoms with Crippen LogP contribution in [0.2, 0.25) is 0 Å². The number of hydrogen-bond donors (Lipinski definition) is 3. The summed E-state index contributed by atoms with van der Waals surface area (Å²) in [4.78, 5) is 11.1. The number of pyridine rings is 1. The number of anilines is 1. The zero-order valence-electron chi connectivity index (χ0n) is 20.0. The number of aliphatic imine (C=N–C) groups is 1. The van der Waals surface area contributed by atoms with Crippen LogP contribution in [-0.2, 0) is 19.8 Å². The largest absolute Gasteiger partial charge is 0.464 e. The van der Waals surface area contributed by atoms with Crippen LogP contribution in [-0.4, -0.2) is 66.9 Å². The van der Waals surface area contributed by atoms with E-state index in [1.807, 2.05) is 0 Å². The van der Waals surface area contributed by atoms with Crippen molar-refractivity contribution in [2.24, 2.45) is 10.4 Å². The van der Waals surface area contributed by atoms with Crippen molar-refractivity contribution in [3.63, 3.8) is 0 Å². The van der Waals surface area contributed by atoms with E-state index >= 15 is 8.78 Å². The van der Waals surface area contributed by atoms with E-state index in [-0.39, 0.29) is 67.0 Å². The fourth-order valence-corrected chi connectivity index (χ4v) is 4.03. The van der Waals surface area contributed by atoms with Gasteiger partial charge in [0, 0.05) is 41.2 Å². The van der Waals surface area contributed by atoms with E-state index in [0.29, 0.717) is 0 Å². The second kappa shape index (κ2) is 9.67. The highest BCUT2D eigenvalue weighted by Crippen LogP contribution is 2.43. The summed E-state index contributed by atoms with van der Waals surface area (Å²) in [6, 6.07) is 3.34. The average Bonchev–Trinajstić information content (AvgIpc) is 3.27. The number of rotatable bonds is 7. The molecule has 38 heavy (non-hydrogen) atoms. The van der Waals surface area contributed by atoms with Crippen molar-refractivity contribution in [1.29, 1.82) is 0 Å². The summed E-state index contributed by atoms with van der Waals surface area (Å²) in [5, 5.41) is 12.3. The minimum atomic E-state index is -4.57. The minimum Gasteiger partial charge on any atom is -0.464 e. The maximum atomic E-state index is 15.0. The van der Waals surface area contributed by atoms with Crippen LogP contribution in [0.15, 0.2) is 35.6 Å². The number of aliphatic hydroxyl groups is 1. The van der Waals surface area contributed by atoms with Gasteiger partial charge in [-0.1, -0.05) is 6.92 Å². The lowest BCUT2D eigenvalue weighted by Gasteiger charge is -2.41. The molecule has 2 aliphatic rings. The first-order chi connectivity index (χ1) is 18.0. The normalized spacial score (nSPS) is 21.0. The van der Waals surface area contributed by atoms with Gasteiger partial charge in [0.05, 0.1) is 31.8 Å². The van der Waals surface area contributed by atoms with Gasteiger partial charge in [0.15, 0.2) is 17.4 Å². The van der Waals surface area contributed by atoms with Gasteiger partial charge in [-0.15, -0.1) is 0 Å². The first kappa shape index (κ1) is 26.1. The molecule has 0 saturated carbocycles. The summed E-state index contributed by atoms with van der Waals surface area (Å²) in [5.41, 5.74) is -1.50. The van der Waals surface area contributed by atoms with Crippen molar-refractivity contribution in [2.75, 3.05) is 44.9 Å². The van der Waals surface area contributed by atoms with Crippen molar-refractivity contribution in [2.45, 2.75) is 18.7 Å². The number of amidine groups is 1. The van der Waals surface area contributed by atoms with Gasteiger partial charge in [0.2, 0.25) is 0 Å². The molecular weight excluding hydrogens is 519 g/mol. The monoisotopic (exact) mass is 542 g/mol. The van der Waals surface area contributed by atoms with E-state index < -0.39 is 41.2 Å². The van der Waals surface area contributed by atoms with E-state index in [0.717, 1.165) is 12.1 Å². The van der Waals surface area contributed by atoms with E-state index in [2.05, 4.69) is 20.3 Å². The minimum absolute atomic E-state index is 0.00651. The van der Waals surface area contributed by atoms with Crippen LogP contribution >= 0.6 is 0 Å². The number of hydrogen-bond acceptors (Lipinski definition) is 8. The Hall–Kier alpha value is -3.49. The molecule has 1 atom stereocenters. The summed E-state index contributed by atoms with van der Waals surface area (Å²) in [6.07, 6.45) is -1.83. The van der Waals surface area contributed by atoms with Gasteiger partial charge in [0.25, 0.3) is 6.02 Å². The Labute approximate surface area is 212 Å². The van der Waals surface area contributed by atoms with Crippen LogP contribution in [0.4, 0.5) is 27.6 Å². The number of halogens is 5. The second-order valence-corrected chi connectivity index (χ2v) is 9.50. The number of aromatic nitrogens is 2. The molecule has 14 heteroatoms. The molecule has 0 amide bonds. The maximum absolute atomic E-state index is 15.0. The fraction of sp³-hybridized carbons (Fsp3) is 0.417. The lowest BCUT2D eigenvalue weighted by atomic mass is 9.91. The van der Waals surface area contributed by atoms with Crippen LogP contribution in [0.25, 0.3) is 11.0 Å². The lowest BCUT2D eigenvalue weighted by molar-refractivity contribution is -0.267. The molecule has 2 aromatic heterocycles. The Kier molecular flexibility index (Phi) is 6.65. The van der Waals surface area contributed by atoms with E-state index in [4.69, 9.17) is 18.9 Å². The van der Waals surface area contributed by atoms with Crippen LogP contribution < -0.4 is 10.1 Å². The van der Waals surface area contributed by atoms with Gasteiger partial charge in [-0.05, 0) is 6.07 Å². The van der Waals surface area contributed by atoms with E-state index in [1.165, 1.54) is 18.5 Å². The standard InChI is InChI=1S/C24H23F5N4O5/c1-22(8-34)7-32-21(36-9-22)33-13-4-15(25)19(16(26)5-13)38-17-2-3-30-20-18(17)14(6-31-20)23(10-35-11-23)37-12-24(27,28)29/h2-6,34H,7-12H2,1H3,(H,30,31)(H,32,33)/t22-/m1/s1. The number of benzene rings is 1. The third-order valence-electron chi connectivity index (χ3n) is 6.21. The molecule has 0 spiro atoms. The molecule has 2 aliphatic heterocycles. The van der Waals surface area contributed by atoms with E-state index in [1.54, 1.807) is 6.92 Å². The smallest absolute Gasteiger partial charge is 0.411 e. The number of aliphatic hydroxyl groups excluding tert-OH is 1. The summed E-state index contributed by atoms with van der Waals surface area (Å²) in [6.45, 7) is 0.255. The number of nitrogens with zero attached hydrogens (tertiary/aromatic N) is 2. The molecular formula is C24H23F5N4O5. The molecule has 1 saturated heterocycles. The Balaban J connectivity index is 1.41. The molecule has 3 aromatic rings.